The molecule has 3 aliphatic rings. The molecule has 2 N–H and O–H groups in total. The van der Waals surface area contributed by atoms with E-state index in [1.54, 1.807) is 0 Å². The zero-order chi connectivity index (χ0) is 13.2. The van der Waals surface area contributed by atoms with E-state index in [0.29, 0.717) is 18.0 Å². The number of carbonyl (C=O) groups is 1. The van der Waals surface area contributed by atoms with Crippen molar-refractivity contribution in [3.63, 3.8) is 0 Å². The molecule has 0 aromatic rings. The first-order chi connectivity index (χ1) is 9.22. The molecule has 2 amide bonds. The Bertz CT molecular complexity index is 329. The van der Waals surface area contributed by atoms with E-state index in [1.807, 2.05) is 4.90 Å². The minimum absolute atomic E-state index is 0.151. The molecule has 0 bridgehead atoms. The van der Waals surface area contributed by atoms with Crippen molar-refractivity contribution >= 4 is 6.03 Å². The number of carbonyl (C=O) groups excluding carboxylic acids is 1. The fourth-order valence-corrected chi connectivity index (χ4v) is 3.69. The quantitative estimate of drug-likeness (QED) is 0.778. The van der Waals surface area contributed by atoms with Gasteiger partial charge in [0.05, 0.1) is 6.04 Å². The largest absolute Gasteiger partial charge is 0.333 e. The van der Waals surface area contributed by atoms with E-state index in [4.69, 9.17) is 0 Å². The first-order valence-corrected chi connectivity index (χ1v) is 7.70. The third-order valence-electron chi connectivity index (χ3n) is 4.92. The number of rotatable bonds is 4. The summed E-state index contributed by atoms with van der Waals surface area (Å²) in [6.45, 7) is 5.26. The average Bonchev–Trinajstić information content (AvgIpc) is 3.08. The molecule has 3 rings (SSSR count). The molecule has 19 heavy (non-hydrogen) atoms. The molecule has 108 valence electrons. The van der Waals surface area contributed by atoms with E-state index < -0.39 is 0 Å². The average molecular weight is 266 g/mol. The van der Waals surface area contributed by atoms with Gasteiger partial charge >= 0.3 is 6.03 Å². The number of hydrogen-bond donors (Lipinski definition) is 2. The number of hydrogen-bond acceptors (Lipinski definition) is 3. The molecule has 3 unspecified atom stereocenters. The molecule has 0 aliphatic carbocycles. The normalized spacial score (nSPS) is 36.2. The Morgan fingerprint density at radius 3 is 2.89 bits per heavy atom. The summed E-state index contributed by atoms with van der Waals surface area (Å²) >= 11 is 0. The SMILES string of the molecule is CN1CCC(C2CN(CCC3CCCN3)C(=O)N2)C1. The van der Waals surface area contributed by atoms with Crippen molar-refractivity contribution in [3.05, 3.63) is 0 Å². The van der Waals surface area contributed by atoms with Crippen LogP contribution in [0.2, 0.25) is 0 Å². The lowest BCUT2D eigenvalue weighted by Gasteiger charge is -2.19. The van der Waals surface area contributed by atoms with Crippen LogP contribution in [0.1, 0.15) is 25.7 Å². The van der Waals surface area contributed by atoms with Crippen molar-refractivity contribution in [1.82, 2.24) is 20.4 Å². The van der Waals surface area contributed by atoms with Gasteiger partial charge in [-0.15, -0.1) is 0 Å². The van der Waals surface area contributed by atoms with E-state index in [2.05, 4.69) is 22.6 Å². The molecule has 3 heterocycles. The second-order valence-corrected chi connectivity index (χ2v) is 6.39. The lowest BCUT2D eigenvalue weighted by Crippen LogP contribution is -2.35. The van der Waals surface area contributed by atoms with Gasteiger partial charge < -0.3 is 20.4 Å². The highest BCUT2D eigenvalue weighted by Gasteiger charge is 2.36. The predicted octanol–water partition coefficient (Wildman–Crippen LogP) is 0.474. The molecular formula is C14H26N4O. The molecule has 3 saturated heterocycles. The lowest BCUT2D eigenvalue weighted by atomic mass is 10.00. The number of urea groups is 1. The number of likely N-dealkylation sites (tertiary alicyclic amines) is 1. The summed E-state index contributed by atoms with van der Waals surface area (Å²) in [4.78, 5) is 16.4. The highest BCUT2D eigenvalue weighted by atomic mass is 16.2. The van der Waals surface area contributed by atoms with E-state index >= 15 is 0 Å². The molecule has 5 heteroatoms. The van der Waals surface area contributed by atoms with Crippen LogP contribution in [0.4, 0.5) is 4.79 Å². The lowest BCUT2D eigenvalue weighted by molar-refractivity contribution is 0.215. The molecule has 5 nitrogen and oxygen atoms in total. The molecule has 0 saturated carbocycles. The molecule has 3 fully saturated rings. The van der Waals surface area contributed by atoms with Crippen LogP contribution in [-0.4, -0.2) is 67.7 Å². The topological polar surface area (TPSA) is 47.6 Å². The summed E-state index contributed by atoms with van der Waals surface area (Å²) in [5.41, 5.74) is 0. The zero-order valence-electron chi connectivity index (χ0n) is 11.9. The third kappa shape index (κ3) is 3.03. The van der Waals surface area contributed by atoms with E-state index in [-0.39, 0.29) is 6.03 Å². The number of amides is 2. The Balaban J connectivity index is 1.46. The zero-order valence-corrected chi connectivity index (χ0v) is 11.9. The first-order valence-electron chi connectivity index (χ1n) is 7.70. The summed E-state index contributed by atoms with van der Waals surface area (Å²) < 4.78 is 0. The Kier molecular flexibility index (Phi) is 3.93. The van der Waals surface area contributed by atoms with Crippen LogP contribution in [0.3, 0.4) is 0 Å². The van der Waals surface area contributed by atoms with Gasteiger partial charge in [-0.2, -0.15) is 0 Å². The monoisotopic (exact) mass is 266 g/mol. The highest BCUT2D eigenvalue weighted by molar-refractivity contribution is 5.76. The van der Waals surface area contributed by atoms with E-state index in [1.165, 1.54) is 25.8 Å². The van der Waals surface area contributed by atoms with Crippen molar-refractivity contribution in [3.8, 4) is 0 Å². The van der Waals surface area contributed by atoms with Gasteiger partial charge in [0.25, 0.3) is 0 Å². The van der Waals surface area contributed by atoms with Crippen molar-refractivity contribution in [2.24, 2.45) is 5.92 Å². The molecule has 3 atom stereocenters. The molecule has 0 aromatic carbocycles. The minimum atomic E-state index is 0.151. The number of nitrogens with zero attached hydrogens (tertiary/aromatic N) is 2. The van der Waals surface area contributed by atoms with Gasteiger partial charge in [-0.1, -0.05) is 0 Å². The maximum Gasteiger partial charge on any atom is 0.317 e. The Hall–Kier alpha value is -0.810. The van der Waals surface area contributed by atoms with Gasteiger partial charge in [0.1, 0.15) is 0 Å². The van der Waals surface area contributed by atoms with Crippen LogP contribution in [-0.2, 0) is 0 Å². The van der Waals surface area contributed by atoms with Crippen LogP contribution in [0.15, 0.2) is 0 Å². The standard InChI is InChI=1S/C14H26N4O/c1-17-7-4-11(9-17)13-10-18(14(19)16-13)8-5-12-3-2-6-15-12/h11-13,15H,2-10H2,1H3,(H,16,19). The molecular weight excluding hydrogens is 240 g/mol. The van der Waals surface area contributed by atoms with E-state index in [0.717, 1.165) is 32.6 Å². The van der Waals surface area contributed by atoms with Gasteiger partial charge in [-0.25, -0.2) is 4.79 Å². The van der Waals surface area contributed by atoms with Crippen molar-refractivity contribution in [1.29, 1.82) is 0 Å². The number of nitrogens with one attached hydrogen (secondary N) is 2. The molecule has 0 spiro atoms. The summed E-state index contributed by atoms with van der Waals surface area (Å²) in [7, 11) is 2.17. The third-order valence-corrected chi connectivity index (χ3v) is 4.92. The maximum absolute atomic E-state index is 12.0. The molecule has 0 radical (unpaired) electrons. The minimum Gasteiger partial charge on any atom is -0.333 e. The van der Waals surface area contributed by atoms with Crippen LogP contribution in [0.5, 0.6) is 0 Å². The molecule has 3 aliphatic heterocycles. The van der Waals surface area contributed by atoms with Gasteiger partial charge in [0.2, 0.25) is 0 Å². The Morgan fingerprint density at radius 1 is 1.32 bits per heavy atom. The van der Waals surface area contributed by atoms with Crippen LogP contribution in [0, 0.1) is 5.92 Å². The second-order valence-electron chi connectivity index (χ2n) is 6.39. The summed E-state index contributed by atoms with van der Waals surface area (Å²) in [6, 6.07) is 1.15. The Labute approximate surface area is 115 Å². The first kappa shape index (κ1) is 13.2. The van der Waals surface area contributed by atoms with Gasteiger partial charge in [-0.05, 0) is 51.7 Å². The fraction of sp³-hybridized carbons (Fsp3) is 0.929. The van der Waals surface area contributed by atoms with Gasteiger partial charge in [0.15, 0.2) is 0 Å². The predicted molar refractivity (Wildman–Crippen MR) is 75.1 cm³/mol. The summed E-state index contributed by atoms with van der Waals surface area (Å²) in [5.74, 6) is 0.642. The fourth-order valence-electron chi connectivity index (χ4n) is 3.69. The summed E-state index contributed by atoms with van der Waals surface area (Å²) in [5, 5.41) is 6.68. The van der Waals surface area contributed by atoms with Crippen LogP contribution in [0.25, 0.3) is 0 Å². The van der Waals surface area contributed by atoms with Gasteiger partial charge in [0, 0.05) is 25.7 Å². The highest BCUT2D eigenvalue weighted by Crippen LogP contribution is 2.22. The smallest absolute Gasteiger partial charge is 0.317 e. The van der Waals surface area contributed by atoms with Crippen LogP contribution < -0.4 is 10.6 Å². The maximum atomic E-state index is 12.0. The summed E-state index contributed by atoms with van der Waals surface area (Å²) in [6.07, 6.45) is 4.88. The Morgan fingerprint density at radius 2 is 2.21 bits per heavy atom. The van der Waals surface area contributed by atoms with Gasteiger partial charge in [-0.3, -0.25) is 0 Å². The van der Waals surface area contributed by atoms with Crippen molar-refractivity contribution in [2.45, 2.75) is 37.8 Å². The second kappa shape index (κ2) is 5.67. The van der Waals surface area contributed by atoms with Crippen LogP contribution >= 0.6 is 0 Å². The van der Waals surface area contributed by atoms with E-state index in [9.17, 15) is 4.79 Å². The van der Waals surface area contributed by atoms with Crippen molar-refractivity contribution < 1.29 is 4.79 Å². The van der Waals surface area contributed by atoms with Crippen molar-refractivity contribution in [2.75, 3.05) is 39.8 Å². The molecule has 0 aromatic heterocycles.